The van der Waals surface area contributed by atoms with Gasteiger partial charge in [-0.25, -0.2) is 0 Å². The Morgan fingerprint density at radius 2 is 1.62 bits per heavy atom. The largest absolute Gasteiger partial charge is 0.416 e. The second-order valence-electron chi connectivity index (χ2n) is 2.44. The third-order valence-corrected chi connectivity index (χ3v) is 1.65. The molecule has 0 aliphatic carbocycles. The molecular weight excluding hydrogens is 197 g/mol. The predicted molar refractivity (Wildman–Crippen MR) is 49.5 cm³/mol. The quantitative estimate of drug-likeness (QED) is 0.664. The number of hydrogen-bond acceptors (Lipinski definition) is 1. The molecule has 13 heavy (non-hydrogen) atoms. The molecule has 0 atom stereocenters. The summed E-state index contributed by atoms with van der Waals surface area (Å²) in [5.41, 5.74) is 0.0619. The van der Waals surface area contributed by atoms with Crippen molar-refractivity contribution >= 4 is 18.7 Å². The lowest BCUT2D eigenvalue weighted by Gasteiger charge is -2.05. The van der Waals surface area contributed by atoms with E-state index >= 15 is 0 Å². The number of halogens is 3. The van der Waals surface area contributed by atoms with Crippen molar-refractivity contribution in [3.05, 3.63) is 40.8 Å². The maximum Gasteiger partial charge on any atom is 0.416 e. The molecule has 1 aromatic carbocycles. The van der Waals surface area contributed by atoms with Crippen molar-refractivity contribution < 1.29 is 13.2 Å². The van der Waals surface area contributed by atoms with Gasteiger partial charge in [-0.2, -0.15) is 25.8 Å². The average molecular weight is 204 g/mol. The molecule has 4 heteroatoms. The minimum atomic E-state index is -4.26. The maximum absolute atomic E-state index is 12.1. The van der Waals surface area contributed by atoms with E-state index in [0.29, 0.717) is 5.56 Å². The molecule has 0 radical (unpaired) electrons. The Labute approximate surface area is 79.5 Å². The molecule has 0 bridgehead atoms. The summed E-state index contributed by atoms with van der Waals surface area (Å²) in [6.07, 6.45) is -2.65. The van der Waals surface area contributed by atoms with E-state index in [1.807, 2.05) is 0 Å². The molecule has 1 aromatic rings. The summed E-state index contributed by atoms with van der Waals surface area (Å²) in [7, 11) is 0. The van der Waals surface area contributed by atoms with Crippen LogP contribution in [-0.2, 0) is 6.18 Å². The molecule has 0 unspecified atom stereocenters. The Morgan fingerprint density at radius 3 is 2.00 bits per heavy atom. The van der Waals surface area contributed by atoms with Gasteiger partial charge in [-0.05, 0) is 29.2 Å². The lowest BCUT2D eigenvalue weighted by molar-refractivity contribution is -0.137. The molecule has 1 rings (SSSR count). The molecule has 0 N–H and O–H groups in total. The van der Waals surface area contributed by atoms with E-state index in [4.69, 9.17) is 0 Å². The van der Waals surface area contributed by atoms with Gasteiger partial charge < -0.3 is 0 Å². The summed E-state index contributed by atoms with van der Waals surface area (Å²) >= 11 is 3.81. The first-order chi connectivity index (χ1) is 6.04. The molecule has 0 aromatic heterocycles. The van der Waals surface area contributed by atoms with Gasteiger partial charge in [-0.15, -0.1) is 0 Å². The predicted octanol–water partition coefficient (Wildman–Crippen LogP) is 3.61. The van der Waals surface area contributed by atoms with Crippen molar-refractivity contribution in [3.8, 4) is 0 Å². The molecule has 0 saturated heterocycles. The van der Waals surface area contributed by atoms with Crippen LogP contribution in [0, 0.1) is 0 Å². The van der Waals surface area contributed by atoms with Crippen molar-refractivity contribution in [1.82, 2.24) is 0 Å². The average Bonchev–Trinajstić information content (AvgIpc) is 2.04. The number of thiol groups is 1. The smallest absolute Gasteiger partial charge is 0.166 e. The summed E-state index contributed by atoms with van der Waals surface area (Å²) in [4.78, 5) is 0. The van der Waals surface area contributed by atoms with Crippen LogP contribution in [0.2, 0.25) is 0 Å². The van der Waals surface area contributed by atoms with Crippen LogP contribution >= 0.6 is 12.6 Å². The Bertz CT molecular complexity index is 298. The van der Waals surface area contributed by atoms with Crippen LogP contribution in [0.25, 0.3) is 6.08 Å². The Morgan fingerprint density at radius 1 is 1.08 bits per heavy atom. The van der Waals surface area contributed by atoms with Gasteiger partial charge in [-0.1, -0.05) is 12.1 Å². The highest BCUT2D eigenvalue weighted by atomic mass is 32.1. The highest BCUT2D eigenvalue weighted by Crippen LogP contribution is 2.29. The van der Waals surface area contributed by atoms with Crippen LogP contribution < -0.4 is 0 Å². The van der Waals surface area contributed by atoms with Gasteiger partial charge in [0.25, 0.3) is 0 Å². The highest BCUT2D eigenvalue weighted by Gasteiger charge is 2.29. The Kier molecular flexibility index (Phi) is 3.03. The van der Waals surface area contributed by atoms with Gasteiger partial charge in [0.2, 0.25) is 0 Å². The third-order valence-electron chi connectivity index (χ3n) is 1.50. The summed E-state index contributed by atoms with van der Waals surface area (Å²) < 4.78 is 36.2. The van der Waals surface area contributed by atoms with Crippen LogP contribution in [-0.4, -0.2) is 0 Å². The summed E-state index contributed by atoms with van der Waals surface area (Å²) in [5.74, 6) is 0. The monoisotopic (exact) mass is 204 g/mol. The topological polar surface area (TPSA) is 0 Å². The second kappa shape index (κ2) is 3.87. The first kappa shape index (κ1) is 10.2. The summed E-state index contributed by atoms with van der Waals surface area (Å²) in [5, 5.41) is 1.47. The fraction of sp³-hybridized carbons (Fsp3) is 0.111. The lowest BCUT2D eigenvalue weighted by atomic mass is 10.1. The molecule has 0 heterocycles. The minimum absolute atomic E-state index is 0.635. The van der Waals surface area contributed by atoms with Gasteiger partial charge in [0.05, 0.1) is 5.56 Å². The zero-order valence-electron chi connectivity index (χ0n) is 6.55. The fourth-order valence-corrected chi connectivity index (χ4v) is 1.04. The van der Waals surface area contributed by atoms with Gasteiger partial charge in [0, 0.05) is 0 Å². The van der Waals surface area contributed by atoms with E-state index in [1.54, 1.807) is 6.08 Å². The van der Waals surface area contributed by atoms with Crippen LogP contribution in [0.4, 0.5) is 13.2 Å². The van der Waals surface area contributed by atoms with E-state index in [0.717, 1.165) is 12.1 Å². The van der Waals surface area contributed by atoms with Crippen LogP contribution in [0.15, 0.2) is 29.7 Å². The number of rotatable bonds is 1. The van der Waals surface area contributed by atoms with E-state index in [-0.39, 0.29) is 0 Å². The van der Waals surface area contributed by atoms with Gasteiger partial charge in [-0.3, -0.25) is 0 Å². The van der Waals surface area contributed by atoms with Crippen molar-refractivity contribution in [2.45, 2.75) is 6.18 Å². The van der Waals surface area contributed by atoms with E-state index < -0.39 is 11.7 Å². The lowest BCUT2D eigenvalue weighted by Crippen LogP contribution is -2.03. The Hall–Kier alpha value is -0.900. The van der Waals surface area contributed by atoms with Crippen LogP contribution in [0.5, 0.6) is 0 Å². The molecule has 0 spiro atoms. The van der Waals surface area contributed by atoms with Crippen molar-refractivity contribution in [2.24, 2.45) is 0 Å². The Balaban J connectivity index is 2.94. The van der Waals surface area contributed by atoms with E-state index in [2.05, 4.69) is 12.6 Å². The standard InChI is InChI=1S/C9H7F3S/c10-9(11,12)8-3-1-7(2-4-8)5-6-13/h1-6,13H/b6-5+. The molecular formula is C9H7F3S. The number of hydrogen-bond donors (Lipinski definition) is 1. The molecule has 0 aliphatic heterocycles. The SMILES string of the molecule is FC(F)(F)c1ccc(/C=C/S)cc1. The molecule has 70 valence electrons. The number of alkyl halides is 3. The maximum atomic E-state index is 12.1. The zero-order valence-corrected chi connectivity index (χ0v) is 7.44. The zero-order chi connectivity index (χ0) is 9.90. The van der Waals surface area contributed by atoms with Crippen LogP contribution in [0.3, 0.4) is 0 Å². The molecule has 0 aliphatic rings. The van der Waals surface area contributed by atoms with Gasteiger partial charge >= 0.3 is 6.18 Å². The molecule has 0 fully saturated rings. The molecule has 0 saturated carbocycles. The molecule has 0 nitrogen and oxygen atoms in total. The van der Waals surface area contributed by atoms with Crippen molar-refractivity contribution in [1.29, 1.82) is 0 Å². The second-order valence-corrected chi connectivity index (χ2v) is 2.73. The van der Waals surface area contributed by atoms with Crippen molar-refractivity contribution in [3.63, 3.8) is 0 Å². The highest BCUT2D eigenvalue weighted by molar-refractivity contribution is 7.83. The van der Waals surface area contributed by atoms with E-state index in [9.17, 15) is 13.2 Å². The fourth-order valence-electron chi connectivity index (χ4n) is 0.869. The molecule has 0 amide bonds. The number of benzene rings is 1. The first-order valence-electron chi connectivity index (χ1n) is 3.52. The van der Waals surface area contributed by atoms with Crippen molar-refractivity contribution in [2.75, 3.05) is 0 Å². The summed E-state index contributed by atoms with van der Waals surface area (Å²) in [6, 6.07) is 4.89. The van der Waals surface area contributed by atoms with Gasteiger partial charge in [0.1, 0.15) is 0 Å². The van der Waals surface area contributed by atoms with E-state index in [1.165, 1.54) is 17.5 Å². The third kappa shape index (κ3) is 2.81. The summed E-state index contributed by atoms with van der Waals surface area (Å²) in [6.45, 7) is 0. The van der Waals surface area contributed by atoms with Gasteiger partial charge in [0.15, 0.2) is 0 Å². The van der Waals surface area contributed by atoms with Crippen LogP contribution in [0.1, 0.15) is 11.1 Å². The minimum Gasteiger partial charge on any atom is -0.166 e. The normalized spacial score (nSPS) is 12.3. The first-order valence-corrected chi connectivity index (χ1v) is 4.03.